The Morgan fingerprint density at radius 1 is 1.00 bits per heavy atom. The largest absolute Gasteiger partial charge is 0.393 e. The summed E-state index contributed by atoms with van der Waals surface area (Å²) in [5, 5.41) is 16.0. The maximum Gasteiger partial charge on any atom is 0.261 e. The van der Waals surface area contributed by atoms with E-state index in [1.165, 1.54) is 16.9 Å². The Bertz CT molecular complexity index is 1300. The summed E-state index contributed by atoms with van der Waals surface area (Å²) < 4.78 is 0. The lowest BCUT2D eigenvalue weighted by atomic mass is 10.1. The number of rotatable bonds is 8. The minimum atomic E-state index is -0.165. The van der Waals surface area contributed by atoms with Gasteiger partial charge in [0.05, 0.1) is 21.6 Å². The Kier molecular flexibility index (Phi) is 7.66. The number of nitrogens with zero attached hydrogens (tertiary/aromatic N) is 3. The summed E-state index contributed by atoms with van der Waals surface area (Å²) in [4.78, 5) is 25.6. The molecule has 1 fully saturated rings. The van der Waals surface area contributed by atoms with Crippen LogP contribution in [0, 0.1) is 0 Å². The van der Waals surface area contributed by atoms with Crippen LogP contribution in [0.5, 0.6) is 0 Å². The molecule has 2 aromatic carbocycles. The van der Waals surface area contributed by atoms with Gasteiger partial charge in [-0.25, -0.2) is 9.97 Å². The second-order valence-electron chi connectivity index (χ2n) is 8.93. The summed E-state index contributed by atoms with van der Waals surface area (Å²) in [7, 11) is 0. The molecule has 2 aromatic heterocycles. The Balaban J connectivity index is 1.22. The van der Waals surface area contributed by atoms with Crippen LogP contribution < -0.4 is 10.6 Å². The number of piperidine rings is 1. The maximum absolute atomic E-state index is 12.6. The predicted octanol–water partition coefficient (Wildman–Crippen LogP) is 4.84. The van der Waals surface area contributed by atoms with Gasteiger partial charge in [-0.2, -0.15) is 0 Å². The number of carbonyl (C=O) groups excluding carboxylic acids is 1. The highest BCUT2D eigenvalue weighted by Crippen LogP contribution is 2.28. The molecule has 1 aliphatic heterocycles. The van der Waals surface area contributed by atoms with E-state index >= 15 is 0 Å². The zero-order valence-electron chi connectivity index (χ0n) is 19.9. The van der Waals surface area contributed by atoms with Crippen LogP contribution in [0.4, 0.5) is 11.6 Å². The van der Waals surface area contributed by atoms with Crippen molar-refractivity contribution >= 4 is 28.9 Å². The van der Waals surface area contributed by atoms with Gasteiger partial charge in [0, 0.05) is 38.1 Å². The van der Waals surface area contributed by atoms with Crippen LogP contribution in [0.1, 0.15) is 33.6 Å². The van der Waals surface area contributed by atoms with Gasteiger partial charge in [-0.15, -0.1) is 11.3 Å². The van der Waals surface area contributed by atoms with Gasteiger partial charge in [0.2, 0.25) is 5.95 Å². The van der Waals surface area contributed by atoms with Gasteiger partial charge in [-0.05, 0) is 54.3 Å². The predicted molar refractivity (Wildman–Crippen MR) is 143 cm³/mol. The number of thiophene rings is 1. The third-order valence-electron chi connectivity index (χ3n) is 6.18. The monoisotopic (exact) mass is 499 g/mol. The van der Waals surface area contributed by atoms with Crippen LogP contribution in [0.25, 0.3) is 10.6 Å². The van der Waals surface area contributed by atoms with Crippen LogP contribution in [0.3, 0.4) is 0 Å². The number of hydrogen-bond donors (Lipinski definition) is 3. The molecule has 0 unspecified atom stereocenters. The minimum Gasteiger partial charge on any atom is -0.393 e. The summed E-state index contributed by atoms with van der Waals surface area (Å²) in [6.07, 6.45) is 3.22. The first-order valence-corrected chi connectivity index (χ1v) is 13.0. The summed E-state index contributed by atoms with van der Waals surface area (Å²) in [6.45, 7) is 3.18. The van der Waals surface area contributed by atoms with Crippen molar-refractivity contribution in [1.82, 2.24) is 20.2 Å². The van der Waals surface area contributed by atoms with Crippen LogP contribution in [0.2, 0.25) is 0 Å². The van der Waals surface area contributed by atoms with E-state index in [0.29, 0.717) is 17.4 Å². The summed E-state index contributed by atoms with van der Waals surface area (Å²) in [5.41, 5.74) is 3.96. The molecule has 0 aliphatic carbocycles. The number of anilines is 2. The number of aliphatic hydroxyl groups is 1. The van der Waals surface area contributed by atoms with E-state index in [-0.39, 0.29) is 12.0 Å². The standard InChI is InChI=1S/C28H29N5O2S/c34-23-12-15-33(16-13-23)19-21-7-4-8-22(17-21)31-28-29-14-11-24(32-28)25-9-10-26(36-25)27(35)30-18-20-5-2-1-3-6-20/h1-11,14,17,23,34H,12-13,15-16,18-19H2,(H,30,35)(H,29,31,32). The fourth-order valence-corrected chi connectivity index (χ4v) is 5.12. The topological polar surface area (TPSA) is 90.4 Å². The van der Waals surface area contributed by atoms with Crippen LogP contribution in [0.15, 0.2) is 79.0 Å². The van der Waals surface area contributed by atoms with E-state index in [2.05, 4.69) is 37.6 Å². The van der Waals surface area contributed by atoms with Gasteiger partial charge in [-0.3, -0.25) is 9.69 Å². The molecule has 7 nitrogen and oxygen atoms in total. The van der Waals surface area contributed by atoms with E-state index < -0.39 is 0 Å². The van der Waals surface area contributed by atoms with Crippen molar-refractivity contribution < 1.29 is 9.90 Å². The van der Waals surface area contributed by atoms with E-state index in [1.54, 1.807) is 6.20 Å². The lowest BCUT2D eigenvalue weighted by Gasteiger charge is -2.29. The van der Waals surface area contributed by atoms with Crippen molar-refractivity contribution in [3.8, 4) is 10.6 Å². The smallest absolute Gasteiger partial charge is 0.261 e. The van der Waals surface area contributed by atoms with Gasteiger partial charge in [0.25, 0.3) is 5.91 Å². The number of benzene rings is 2. The third-order valence-corrected chi connectivity index (χ3v) is 7.29. The first-order chi connectivity index (χ1) is 17.6. The Morgan fingerprint density at radius 3 is 2.64 bits per heavy atom. The quantitative estimate of drug-likeness (QED) is 0.322. The molecule has 1 amide bonds. The van der Waals surface area contributed by atoms with Crippen molar-refractivity contribution in [2.45, 2.75) is 32.0 Å². The highest BCUT2D eigenvalue weighted by molar-refractivity contribution is 7.17. The van der Waals surface area contributed by atoms with Crippen molar-refractivity contribution in [2.24, 2.45) is 0 Å². The second-order valence-corrected chi connectivity index (χ2v) is 10.0. The second kappa shape index (κ2) is 11.4. The highest BCUT2D eigenvalue weighted by Gasteiger charge is 2.17. The van der Waals surface area contributed by atoms with Crippen molar-refractivity contribution in [3.05, 3.63) is 95.0 Å². The average Bonchev–Trinajstić information content (AvgIpc) is 3.40. The molecule has 1 aliphatic rings. The van der Waals surface area contributed by atoms with Crippen molar-refractivity contribution in [1.29, 1.82) is 0 Å². The fraction of sp³-hybridized carbons (Fsp3) is 0.250. The Labute approximate surface area is 214 Å². The Morgan fingerprint density at radius 2 is 1.81 bits per heavy atom. The van der Waals surface area contributed by atoms with Crippen molar-refractivity contribution in [2.75, 3.05) is 18.4 Å². The first-order valence-electron chi connectivity index (χ1n) is 12.1. The highest BCUT2D eigenvalue weighted by atomic mass is 32.1. The van der Waals surface area contributed by atoms with E-state index in [0.717, 1.165) is 54.3 Å². The Hall–Kier alpha value is -3.59. The number of hydrogen-bond acceptors (Lipinski definition) is 7. The number of nitrogens with one attached hydrogen (secondary N) is 2. The number of amides is 1. The molecular formula is C28H29N5O2S. The minimum absolute atomic E-state index is 0.0949. The first kappa shape index (κ1) is 24.1. The van der Waals surface area contributed by atoms with Gasteiger partial charge < -0.3 is 15.7 Å². The molecule has 0 atom stereocenters. The third kappa shape index (κ3) is 6.34. The zero-order chi connectivity index (χ0) is 24.7. The molecule has 5 rings (SSSR count). The number of carbonyl (C=O) groups is 1. The van der Waals surface area contributed by atoms with E-state index in [1.807, 2.05) is 60.7 Å². The van der Waals surface area contributed by atoms with Gasteiger partial charge in [-0.1, -0.05) is 42.5 Å². The van der Waals surface area contributed by atoms with E-state index in [4.69, 9.17) is 0 Å². The molecule has 0 saturated carbocycles. The van der Waals surface area contributed by atoms with Crippen molar-refractivity contribution in [3.63, 3.8) is 0 Å². The number of likely N-dealkylation sites (tertiary alicyclic amines) is 1. The van der Waals surface area contributed by atoms with Crippen LogP contribution in [-0.2, 0) is 13.1 Å². The van der Waals surface area contributed by atoms with Gasteiger partial charge >= 0.3 is 0 Å². The van der Waals surface area contributed by atoms with Crippen LogP contribution >= 0.6 is 11.3 Å². The molecule has 3 heterocycles. The summed E-state index contributed by atoms with van der Waals surface area (Å²) >= 11 is 1.41. The molecule has 1 saturated heterocycles. The normalized spacial score (nSPS) is 14.5. The fourth-order valence-electron chi connectivity index (χ4n) is 4.23. The molecule has 8 heteroatoms. The molecule has 36 heavy (non-hydrogen) atoms. The maximum atomic E-state index is 12.6. The molecule has 4 aromatic rings. The molecule has 184 valence electrons. The van der Waals surface area contributed by atoms with E-state index in [9.17, 15) is 9.90 Å². The summed E-state index contributed by atoms with van der Waals surface area (Å²) in [5.74, 6) is 0.414. The molecule has 3 N–H and O–H groups in total. The van der Waals surface area contributed by atoms with Gasteiger partial charge in [0.15, 0.2) is 0 Å². The van der Waals surface area contributed by atoms with Crippen LogP contribution in [-0.4, -0.2) is 45.1 Å². The number of aliphatic hydroxyl groups excluding tert-OH is 1. The molecular weight excluding hydrogens is 470 g/mol. The molecule has 0 spiro atoms. The zero-order valence-corrected chi connectivity index (χ0v) is 20.7. The molecule has 0 bridgehead atoms. The average molecular weight is 500 g/mol. The molecule has 0 radical (unpaired) electrons. The SMILES string of the molecule is O=C(NCc1ccccc1)c1ccc(-c2ccnc(Nc3cccc(CN4CCC(O)CC4)c3)n2)s1. The lowest BCUT2D eigenvalue weighted by Crippen LogP contribution is -2.35. The lowest BCUT2D eigenvalue weighted by molar-refractivity contribution is 0.0792. The van der Waals surface area contributed by atoms with Gasteiger partial charge in [0.1, 0.15) is 0 Å². The summed E-state index contributed by atoms with van der Waals surface area (Å²) in [6, 6.07) is 23.7. The number of aromatic nitrogens is 2.